The highest BCUT2D eigenvalue weighted by molar-refractivity contribution is 5.76. The first kappa shape index (κ1) is 17.4. The van der Waals surface area contributed by atoms with Crippen LogP contribution in [0.3, 0.4) is 0 Å². The van der Waals surface area contributed by atoms with Crippen molar-refractivity contribution in [1.82, 2.24) is 14.8 Å². The van der Waals surface area contributed by atoms with Crippen LogP contribution in [0.5, 0.6) is 0 Å². The summed E-state index contributed by atoms with van der Waals surface area (Å²) in [6.07, 6.45) is 3.01. The lowest BCUT2D eigenvalue weighted by Gasteiger charge is -2.31. The fraction of sp³-hybridized carbons (Fsp3) is 0.261. The molecule has 4 rings (SSSR count). The van der Waals surface area contributed by atoms with Gasteiger partial charge in [0.2, 0.25) is 0 Å². The molecule has 2 heterocycles. The molecule has 3 aromatic rings. The van der Waals surface area contributed by atoms with Crippen LogP contribution in [-0.4, -0.2) is 22.0 Å². The van der Waals surface area contributed by atoms with Crippen LogP contribution in [-0.2, 0) is 6.54 Å². The minimum Gasteiger partial charge on any atom is -0.338 e. The molecular formula is C23H25N3O. The second-order valence-electron chi connectivity index (χ2n) is 7.05. The van der Waals surface area contributed by atoms with Crippen LogP contribution < -0.4 is 5.32 Å². The van der Waals surface area contributed by atoms with E-state index in [1.807, 2.05) is 17.0 Å². The Bertz CT molecular complexity index is 960. The Balaban J connectivity index is 1.90. The second kappa shape index (κ2) is 7.31. The Kier molecular flexibility index (Phi) is 4.71. The van der Waals surface area contributed by atoms with E-state index in [1.165, 1.54) is 5.56 Å². The number of carbonyl (C=O) groups excluding carboxylic acids is 1. The van der Waals surface area contributed by atoms with Gasteiger partial charge in [-0.2, -0.15) is 0 Å². The van der Waals surface area contributed by atoms with Gasteiger partial charge in [0, 0.05) is 18.4 Å². The molecule has 4 heteroatoms. The first-order chi connectivity index (χ1) is 13.2. The quantitative estimate of drug-likeness (QED) is 0.716. The standard InChI is InChI=1S/C23H25N3O/c1-3-14-24-23(27)26-16-18-10-5-7-12-20(18)25-15-8-13-21(25)22(26)19-11-6-4-9-17(19)2/h4-13,15,22H,3,14,16H2,1-2H3,(H,24,27)/t22-/m1/s1. The number of fused-ring (bicyclic) bond motifs is 3. The largest absolute Gasteiger partial charge is 0.338 e. The van der Waals surface area contributed by atoms with Gasteiger partial charge >= 0.3 is 6.03 Å². The molecule has 27 heavy (non-hydrogen) atoms. The zero-order valence-electron chi connectivity index (χ0n) is 15.9. The van der Waals surface area contributed by atoms with E-state index in [4.69, 9.17) is 0 Å². The average molecular weight is 359 g/mol. The summed E-state index contributed by atoms with van der Waals surface area (Å²) in [6, 6.07) is 20.7. The van der Waals surface area contributed by atoms with E-state index in [0.717, 1.165) is 28.9 Å². The van der Waals surface area contributed by atoms with Crippen molar-refractivity contribution in [2.24, 2.45) is 0 Å². The van der Waals surface area contributed by atoms with Gasteiger partial charge in [0.05, 0.1) is 12.2 Å². The topological polar surface area (TPSA) is 37.3 Å². The number of hydrogen-bond acceptors (Lipinski definition) is 1. The van der Waals surface area contributed by atoms with E-state index < -0.39 is 0 Å². The van der Waals surface area contributed by atoms with Gasteiger partial charge in [-0.25, -0.2) is 4.79 Å². The predicted octanol–water partition coefficient (Wildman–Crippen LogP) is 4.81. The highest BCUT2D eigenvalue weighted by atomic mass is 16.2. The fourth-order valence-electron chi connectivity index (χ4n) is 3.89. The van der Waals surface area contributed by atoms with Crippen LogP contribution >= 0.6 is 0 Å². The third-order valence-electron chi connectivity index (χ3n) is 5.23. The zero-order chi connectivity index (χ0) is 18.8. The predicted molar refractivity (Wildman–Crippen MR) is 108 cm³/mol. The minimum atomic E-state index is -0.134. The van der Waals surface area contributed by atoms with E-state index in [1.54, 1.807) is 0 Å². The molecule has 4 nitrogen and oxygen atoms in total. The lowest BCUT2D eigenvalue weighted by Crippen LogP contribution is -2.42. The number of para-hydroxylation sites is 1. The number of rotatable bonds is 3. The molecule has 1 atom stereocenters. The molecule has 2 aromatic carbocycles. The van der Waals surface area contributed by atoms with Crippen LogP contribution in [0.4, 0.5) is 4.79 Å². The van der Waals surface area contributed by atoms with Gasteiger partial charge in [0.25, 0.3) is 0 Å². The van der Waals surface area contributed by atoms with Crippen molar-refractivity contribution in [3.05, 3.63) is 89.2 Å². The molecule has 0 bridgehead atoms. The molecule has 0 radical (unpaired) electrons. The van der Waals surface area contributed by atoms with Crippen LogP contribution in [0.15, 0.2) is 66.9 Å². The molecule has 1 aromatic heterocycles. The Labute approximate surface area is 160 Å². The molecule has 1 aliphatic rings. The number of hydrogen-bond donors (Lipinski definition) is 1. The van der Waals surface area contributed by atoms with E-state index in [-0.39, 0.29) is 12.1 Å². The summed E-state index contributed by atoms with van der Waals surface area (Å²) in [4.78, 5) is 15.1. The summed E-state index contributed by atoms with van der Waals surface area (Å²) in [7, 11) is 0. The van der Waals surface area contributed by atoms with Crippen molar-refractivity contribution in [2.75, 3.05) is 6.54 Å². The zero-order valence-corrected chi connectivity index (χ0v) is 15.9. The van der Waals surface area contributed by atoms with Gasteiger partial charge < -0.3 is 14.8 Å². The summed E-state index contributed by atoms with van der Waals surface area (Å²) >= 11 is 0. The molecular weight excluding hydrogens is 334 g/mol. The molecule has 0 saturated heterocycles. The Morgan fingerprint density at radius 3 is 2.67 bits per heavy atom. The van der Waals surface area contributed by atoms with Crippen molar-refractivity contribution in [3.8, 4) is 5.69 Å². The molecule has 138 valence electrons. The number of aromatic nitrogens is 1. The van der Waals surface area contributed by atoms with Crippen LogP contribution in [0.25, 0.3) is 5.69 Å². The minimum absolute atomic E-state index is 0.0189. The maximum absolute atomic E-state index is 13.2. The monoisotopic (exact) mass is 359 g/mol. The Hall–Kier alpha value is -3.01. The van der Waals surface area contributed by atoms with Crippen molar-refractivity contribution in [2.45, 2.75) is 32.9 Å². The lowest BCUT2D eigenvalue weighted by molar-refractivity contribution is 0.180. The van der Waals surface area contributed by atoms with Gasteiger partial charge in [-0.15, -0.1) is 0 Å². The molecule has 0 saturated carbocycles. The Morgan fingerprint density at radius 2 is 1.85 bits per heavy atom. The molecule has 1 N–H and O–H groups in total. The summed E-state index contributed by atoms with van der Waals surface area (Å²) in [5.74, 6) is 0. The number of amides is 2. The molecule has 1 aliphatic heterocycles. The summed E-state index contributed by atoms with van der Waals surface area (Å²) < 4.78 is 2.22. The van der Waals surface area contributed by atoms with Crippen molar-refractivity contribution in [1.29, 1.82) is 0 Å². The van der Waals surface area contributed by atoms with E-state index in [2.05, 4.69) is 78.5 Å². The third-order valence-corrected chi connectivity index (χ3v) is 5.23. The van der Waals surface area contributed by atoms with E-state index in [9.17, 15) is 4.79 Å². The fourth-order valence-corrected chi connectivity index (χ4v) is 3.89. The first-order valence-electron chi connectivity index (χ1n) is 9.56. The third kappa shape index (κ3) is 3.12. The number of nitrogens with one attached hydrogen (secondary N) is 1. The van der Waals surface area contributed by atoms with Gasteiger partial charge in [-0.1, -0.05) is 49.4 Å². The van der Waals surface area contributed by atoms with Gasteiger partial charge in [0.15, 0.2) is 0 Å². The van der Waals surface area contributed by atoms with E-state index >= 15 is 0 Å². The van der Waals surface area contributed by atoms with Crippen molar-refractivity contribution < 1.29 is 4.79 Å². The molecule has 0 unspecified atom stereocenters. The van der Waals surface area contributed by atoms with E-state index in [0.29, 0.717) is 13.1 Å². The van der Waals surface area contributed by atoms with Crippen LogP contribution in [0.1, 0.15) is 41.8 Å². The molecule has 0 spiro atoms. The molecule has 0 fully saturated rings. The number of benzene rings is 2. The van der Waals surface area contributed by atoms with Crippen molar-refractivity contribution >= 4 is 6.03 Å². The number of carbonyl (C=O) groups is 1. The van der Waals surface area contributed by atoms with Gasteiger partial charge in [0.1, 0.15) is 6.04 Å². The summed E-state index contributed by atoms with van der Waals surface area (Å²) in [5, 5.41) is 3.08. The highest BCUT2D eigenvalue weighted by Gasteiger charge is 2.33. The average Bonchev–Trinajstić information content (AvgIpc) is 3.11. The summed E-state index contributed by atoms with van der Waals surface area (Å²) in [5.41, 5.74) is 5.76. The Morgan fingerprint density at radius 1 is 1.07 bits per heavy atom. The smallest absolute Gasteiger partial charge is 0.318 e. The van der Waals surface area contributed by atoms with Gasteiger partial charge in [-0.3, -0.25) is 0 Å². The normalized spacial score (nSPS) is 15.6. The van der Waals surface area contributed by atoms with Crippen LogP contribution in [0, 0.1) is 6.92 Å². The molecule has 2 amide bonds. The second-order valence-corrected chi connectivity index (χ2v) is 7.05. The number of nitrogens with zero attached hydrogens (tertiary/aromatic N) is 2. The number of aryl methyl sites for hydroxylation is 1. The molecule has 0 aliphatic carbocycles. The first-order valence-corrected chi connectivity index (χ1v) is 9.56. The maximum atomic E-state index is 13.2. The summed E-state index contributed by atoms with van der Waals surface area (Å²) in [6.45, 7) is 5.44. The SMILES string of the molecule is CCCNC(=O)N1Cc2ccccc2-n2cccc2[C@H]1c1ccccc1C. The van der Waals surface area contributed by atoms with Crippen molar-refractivity contribution in [3.63, 3.8) is 0 Å². The highest BCUT2D eigenvalue weighted by Crippen LogP contribution is 2.37. The lowest BCUT2D eigenvalue weighted by atomic mass is 9.97. The number of urea groups is 1. The maximum Gasteiger partial charge on any atom is 0.318 e. The van der Waals surface area contributed by atoms with Gasteiger partial charge in [-0.05, 0) is 48.2 Å². The van der Waals surface area contributed by atoms with Crippen LogP contribution in [0.2, 0.25) is 0 Å².